The molecule has 5 heteroatoms. The standard InChI is InChI=1S/C10H15IO3S/c1-7-4-5-9(15(12,13)14)10(3,6-7)8(2)11/h4-6,8-9H,1-3H3,(H,12,13,14). The number of hydrogen-bond donors (Lipinski definition) is 1. The first-order valence-electron chi connectivity index (χ1n) is 4.66. The van der Waals surface area contributed by atoms with Crippen molar-refractivity contribution in [1.82, 2.24) is 0 Å². The van der Waals surface area contributed by atoms with Gasteiger partial charge in [-0.3, -0.25) is 4.55 Å². The average molecular weight is 342 g/mol. The maximum absolute atomic E-state index is 11.3. The quantitative estimate of drug-likeness (QED) is 0.477. The summed E-state index contributed by atoms with van der Waals surface area (Å²) in [7, 11) is -4.04. The van der Waals surface area contributed by atoms with Gasteiger partial charge >= 0.3 is 0 Å². The summed E-state index contributed by atoms with van der Waals surface area (Å²) in [4.78, 5) is 0. The van der Waals surface area contributed by atoms with Crippen LogP contribution in [-0.4, -0.2) is 22.1 Å². The van der Waals surface area contributed by atoms with E-state index in [0.29, 0.717) is 0 Å². The Hall–Kier alpha value is 0.120. The van der Waals surface area contributed by atoms with Gasteiger partial charge in [0, 0.05) is 9.34 Å². The lowest BCUT2D eigenvalue weighted by molar-refractivity contribution is 0.392. The fraction of sp³-hybridized carbons (Fsp3) is 0.600. The molecule has 0 aromatic rings. The molecule has 0 radical (unpaired) electrons. The Labute approximate surface area is 105 Å². The molecule has 3 nitrogen and oxygen atoms in total. The van der Waals surface area contributed by atoms with Crippen LogP contribution in [0.25, 0.3) is 0 Å². The van der Waals surface area contributed by atoms with Gasteiger partial charge in [0.05, 0.1) is 0 Å². The monoisotopic (exact) mass is 342 g/mol. The molecular weight excluding hydrogens is 327 g/mol. The highest BCUT2D eigenvalue weighted by atomic mass is 127. The minimum atomic E-state index is -4.04. The van der Waals surface area contributed by atoms with Crippen molar-refractivity contribution in [1.29, 1.82) is 0 Å². The third-order valence-corrected chi connectivity index (χ3v) is 5.51. The molecule has 0 fully saturated rings. The predicted molar refractivity (Wildman–Crippen MR) is 69.8 cm³/mol. The molecule has 1 aliphatic carbocycles. The summed E-state index contributed by atoms with van der Waals surface area (Å²) in [5.41, 5.74) is 0.480. The Morgan fingerprint density at radius 3 is 2.53 bits per heavy atom. The van der Waals surface area contributed by atoms with Crippen molar-refractivity contribution < 1.29 is 13.0 Å². The number of halogens is 1. The zero-order valence-electron chi connectivity index (χ0n) is 8.94. The van der Waals surface area contributed by atoms with Gasteiger partial charge in [-0.25, -0.2) is 0 Å². The topological polar surface area (TPSA) is 54.4 Å². The van der Waals surface area contributed by atoms with Crippen LogP contribution in [0.3, 0.4) is 0 Å². The molecule has 86 valence electrons. The van der Waals surface area contributed by atoms with E-state index in [4.69, 9.17) is 0 Å². The van der Waals surface area contributed by atoms with Crippen LogP contribution in [0.15, 0.2) is 23.8 Å². The highest BCUT2D eigenvalue weighted by Crippen LogP contribution is 2.40. The van der Waals surface area contributed by atoms with Gasteiger partial charge in [0.15, 0.2) is 0 Å². The van der Waals surface area contributed by atoms with Crippen LogP contribution in [0.5, 0.6) is 0 Å². The first-order valence-corrected chi connectivity index (χ1v) is 7.41. The first-order chi connectivity index (χ1) is 6.68. The molecule has 0 bridgehead atoms. The Morgan fingerprint density at radius 2 is 2.13 bits per heavy atom. The minimum absolute atomic E-state index is 0.113. The van der Waals surface area contributed by atoms with E-state index in [1.54, 1.807) is 12.2 Å². The minimum Gasteiger partial charge on any atom is -0.285 e. The highest BCUT2D eigenvalue weighted by Gasteiger charge is 2.43. The molecule has 0 spiro atoms. The molecule has 0 aromatic heterocycles. The summed E-state index contributed by atoms with van der Waals surface area (Å²) < 4.78 is 31.9. The SMILES string of the molecule is CC1=CC(C)(C(C)I)C(S(=O)(=O)O)C=C1. The maximum Gasteiger partial charge on any atom is 0.272 e. The summed E-state index contributed by atoms with van der Waals surface area (Å²) in [6.07, 6.45) is 5.22. The lowest BCUT2D eigenvalue weighted by Gasteiger charge is -2.36. The summed E-state index contributed by atoms with van der Waals surface area (Å²) >= 11 is 2.19. The molecule has 3 unspecified atom stereocenters. The zero-order chi connectivity index (χ0) is 11.9. The van der Waals surface area contributed by atoms with Crippen LogP contribution in [-0.2, 0) is 10.1 Å². The fourth-order valence-corrected chi connectivity index (χ4v) is 3.83. The number of rotatable bonds is 2. The Kier molecular flexibility index (Phi) is 3.67. The average Bonchev–Trinajstić information content (AvgIpc) is 2.00. The molecule has 1 rings (SSSR count). The number of hydrogen-bond acceptors (Lipinski definition) is 2. The molecule has 1 N–H and O–H groups in total. The van der Waals surface area contributed by atoms with Crippen LogP contribution in [0, 0.1) is 5.41 Å². The van der Waals surface area contributed by atoms with Gasteiger partial charge in [0.25, 0.3) is 10.1 Å². The zero-order valence-corrected chi connectivity index (χ0v) is 11.9. The molecule has 0 saturated carbocycles. The maximum atomic E-state index is 11.3. The van der Waals surface area contributed by atoms with Crippen molar-refractivity contribution in [3.63, 3.8) is 0 Å². The molecule has 0 aliphatic heterocycles. The third-order valence-electron chi connectivity index (χ3n) is 2.86. The first kappa shape index (κ1) is 13.2. The Bertz CT molecular complexity index is 408. The molecule has 1 aliphatic rings. The second-order valence-corrected chi connectivity index (χ2v) is 7.57. The molecule has 0 aromatic carbocycles. The number of allylic oxidation sites excluding steroid dienone is 3. The summed E-state index contributed by atoms with van der Waals surface area (Å²) in [5.74, 6) is 0. The van der Waals surface area contributed by atoms with Gasteiger partial charge in [0.2, 0.25) is 0 Å². The number of alkyl halides is 1. The summed E-state index contributed by atoms with van der Waals surface area (Å²) in [5, 5.41) is -0.847. The van der Waals surface area contributed by atoms with Gasteiger partial charge in [-0.05, 0) is 6.92 Å². The lowest BCUT2D eigenvalue weighted by Crippen LogP contribution is -2.42. The van der Waals surface area contributed by atoms with Crippen LogP contribution in [0.2, 0.25) is 0 Å². The van der Waals surface area contributed by atoms with Crippen molar-refractivity contribution >= 4 is 32.7 Å². The molecule has 3 atom stereocenters. The second-order valence-electron chi connectivity index (χ2n) is 4.17. The van der Waals surface area contributed by atoms with Gasteiger partial charge in [0.1, 0.15) is 5.25 Å². The Balaban J connectivity index is 3.26. The van der Waals surface area contributed by atoms with Crippen molar-refractivity contribution in [3.05, 3.63) is 23.8 Å². The molecule has 0 amide bonds. The van der Waals surface area contributed by atoms with Gasteiger partial charge in [-0.1, -0.05) is 60.2 Å². The molecule has 0 saturated heterocycles. The highest BCUT2D eigenvalue weighted by molar-refractivity contribution is 14.1. The van der Waals surface area contributed by atoms with Crippen LogP contribution in [0.1, 0.15) is 20.8 Å². The molecule has 0 heterocycles. The van der Waals surface area contributed by atoms with Gasteiger partial charge in [-0.15, -0.1) is 0 Å². The van der Waals surface area contributed by atoms with Crippen LogP contribution in [0.4, 0.5) is 0 Å². The van der Waals surface area contributed by atoms with E-state index in [1.165, 1.54) is 0 Å². The van der Waals surface area contributed by atoms with E-state index in [2.05, 4.69) is 22.6 Å². The third kappa shape index (κ3) is 2.62. The largest absolute Gasteiger partial charge is 0.285 e. The predicted octanol–water partition coefficient (Wildman–Crippen LogP) is 2.59. The summed E-state index contributed by atoms with van der Waals surface area (Å²) in [6.45, 7) is 5.73. The Morgan fingerprint density at radius 1 is 1.60 bits per heavy atom. The van der Waals surface area contributed by atoms with Crippen molar-refractivity contribution in [2.75, 3.05) is 0 Å². The van der Waals surface area contributed by atoms with Gasteiger partial charge < -0.3 is 0 Å². The fourth-order valence-electron chi connectivity index (χ4n) is 1.83. The molecule has 15 heavy (non-hydrogen) atoms. The summed E-state index contributed by atoms with van der Waals surface area (Å²) in [6, 6.07) is 0. The van der Waals surface area contributed by atoms with Crippen molar-refractivity contribution in [3.8, 4) is 0 Å². The van der Waals surface area contributed by atoms with Gasteiger partial charge in [-0.2, -0.15) is 8.42 Å². The normalized spacial score (nSPS) is 33.7. The van der Waals surface area contributed by atoms with Crippen LogP contribution < -0.4 is 0 Å². The second kappa shape index (κ2) is 4.18. The van der Waals surface area contributed by atoms with E-state index in [-0.39, 0.29) is 3.92 Å². The van der Waals surface area contributed by atoms with E-state index in [1.807, 2.05) is 26.8 Å². The van der Waals surface area contributed by atoms with E-state index in [0.717, 1.165) is 5.57 Å². The van der Waals surface area contributed by atoms with E-state index in [9.17, 15) is 13.0 Å². The van der Waals surface area contributed by atoms with E-state index < -0.39 is 20.8 Å². The van der Waals surface area contributed by atoms with Crippen LogP contribution >= 0.6 is 22.6 Å². The van der Waals surface area contributed by atoms with E-state index >= 15 is 0 Å². The molecular formula is C10H15IO3S. The lowest BCUT2D eigenvalue weighted by atomic mass is 9.79. The van der Waals surface area contributed by atoms with Crippen molar-refractivity contribution in [2.45, 2.75) is 29.9 Å². The van der Waals surface area contributed by atoms with Crippen molar-refractivity contribution in [2.24, 2.45) is 5.41 Å². The smallest absolute Gasteiger partial charge is 0.272 e.